The minimum absolute atomic E-state index is 0.191. The van der Waals surface area contributed by atoms with Crippen molar-refractivity contribution in [2.24, 2.45) is 10.8 Å². The zero-order valence-corrected chi connectivity index (χ0v) is 30.3. The molecular formula is C40H54N4O7. The van der Waals surface area contributed by atoms with Crippen LogP contribution in [0.15, 0.2) is 84.9 Å². The van der Waals surface area contributed by atoms with E-state index in [1.54, 1.807) is 26.8 Å². The molecule has 0 spiro atoms. The number of non-ortho nitro benzene ring substituents is 1. The van der Waals surface area contributed by atoms with Crippen LogP contribution in [0.3, 0.4) is 0 Å². The summed E-state index contributed by atoms with van der Waals surface area (Å²) in [7, 11) is 0. The summed E-state index contributed by atoms with van der Waals surface area (Å²) in [6.07, 6.45) is 3.39. The van der Waals surface area contributed by atoms with Crippen LogP contribution in [0.2, 0.25) is 0 Å². The standard InChI is InChI=1S/C40H54N4O7/c1-29(28-51-35-20-11-8-12-21-35)43(27-32-16-9-7-10-17-32)25-24-41-23-14-6-5-13-22-40(38(47)48)31(3)42-30(2)39(4,37(45)46)36(40)33-18-15-19-34(26-33)44(49)50/h7-12,15-21,26,29-31,36,41-42H,5-6,13-14,22-25,27-28H2,1-4H3,(H,45,46)(H,47,48). The lowest BCUT2D eigenvalue weighted by Crippen LogP contribution is -2.68. The number of rotatable bonds is 20. The molecule has 1 aliphatic heterocycles. The molecule has 3 aromatic carbocycles. The Labute approximate surface area is 301 Å². The molecule has 4 rings (SSSR count). The van der Waals surface area contributed by atoms with Gasteiger partial charge in [-0.1, -0.05) is 79.9 Å². The number of nitrogens with one attached hydrogen (secondary N) is 2. The minimum Gasteiger partial charge on any atom is -0.492 e. The first-order valence-corrected chi connectivity index (χ1v) is 18.0. The Kier molecular flexibility index (Phi) is 14.1. The van der Waals surface area contributed by atoms with Gasteiger partial charge in [0.2, 0.25) is 0 Å². The van der Waals surface area contributed by atoms with Crippen LogP contribution in [0.4, 0.5) is 5.69 Å². The summed E-state index contributed by atoms with van der Waals surface area (Å²) in [5.41, 5.74) is -1.59. The summed E-state index contributed by atoms with van der Waals surface area (Å²) in [6, 6.07) is 25.1. The third-order valence-corrected chi connectivity index (χ3v) is 10.9. The van der Waals surface area contributed by atoms with E-state index in [9.17, 15) is 29.9 Å². The molecule has 11 heteroatoms. The summed E-state index contributed by atoms with van der Waals surface area (Å²) in [5, 5.41) is 39.9. The Bertz CT molecular complexity index is 1580. The minimum atomic E-state index is -1.52. The Hall–Kier alpha value is -4.32. The summed E-state index contributed by atoms with van der Waals surface area (Å²) >= 11 is 0. The van der Waals surface area contributed by atoms with Gasteiger partial charge in [0.15, 0.2) is 0 Å². The maximum absolute atomic E-state index is 13.3. The van der Waals surface area contributed by atoms with Gasteiger partial charge in [0.1, 0.15) is 12.4 Å². The Morgan fingerprint density at radius 1 is 0.922 bits per heavy atom. The fourth-order valence-electron chi connectivity index (χ4n) is 7.76. The number of para-hydroxylation sites is 1. The molecule has 6 unspecified atom stereocenters. The summed E-state index contributed by atoms with van der Waals surface area (Å²) < 4.78 is 6.06. The number of hydrogen-bond donors (Lipinski definition) is 4. The quantitative estimate of drug-likeness (QED) is 0.0566. The first kappa shape index (κ1) is 39.5. The van der Waals surface area contributed by atoms with Crippen molar-refractivity contribution in [3.8, 4) is 5.75 Å². The molecule has 0 bridgehead atoms. The molecule has 1 saturated heterocycles. The fourth-order valence-corrected chi connectivity index (χ4v) is 7.76. The van der Waals surface area contributed by atoms with Crippen molar-refractivity contribution in [1.82, 2.24) is 15.5 Å². The van der Waals surface area contributed by atoms with Crippen LogP contribution in [0, 0.1) is 20.9 Å². The molecule has 3 aromatic rings. The molecule has 1 fully saturated rings. The average molecular weight is 703 g/mol. The van der Waals surface area contributed by atoms with Crippen LogP contribution in [0.1, 0.15) is 76.8 Å². The third-order valence-electron chi connectivity index (χ3n) is 10.9. The second-order valence-electron chi connectivity index (χ2n) is 14.2. The van der Waals surface area contributed by atoms with Gasteiger partial charge in [-0.05, 0) is 70.3 Å². The Balaban J connectivity index is 1.33. The van der Waals surface area contributed by atoms with Gasteiger partial charge in [0, 0.05) is 55.8 Å². The second-order valence-corrected chi connectivity index (χ2v) is 14.2. The molecule has 0 radical (unpaired) electrons. The lowest BCUT2D eigenvalue weighted by atomic mass is 9.51. The van der Waals surface area contributed by atoms with Gasteiger partial charge in [-0.25, -0.2) is 0 Å². The highest BCUT2D eigenvalue weighted by Gasteiger charge is 2.64. The number of aliphatic carboxylic acids is 2. The number of ether oxygens (including phenoxy) is 1. The van der Waals surface area contributed by atoms with E-state index in [0.29, 0.717) is 18.6 Å². The van der Waals surface area contributed by atoms with Crippen LogP contribution in [0.5, 0.6) is 5.75 Å². The van der Waals surface area contributed by atoms with Crippen molar-refractivity contribution in [2.75, 3.05) is 26.2 Å². The smallest absolute Gasteiger partial charge is 0.311 e. The second kappa shape index (κ2) is 18.3. The van der Waals surface area contributed by atoms with Crippen LogP contribution in [0.25, 0.3) is 0 Å². The number of benzene rings is 3. The molecule has 11 nitrogen and oxygen atoms in total. The average Bonchev–Trinajstić information content (AvgIpc) is 3.12. The monoisotopic (exact) mass is 702 g/mol. The molecule has 1 heterocycles. The van der Waals surface area contributed by atoms with Crippen molar-refractivity contribution in [3.05, 3.63) is 106 Å². The van der Waals surface area contributed by atoms with E-state index in [-0.39, 0.29) is 18.2 Å². The lowest BCUT2D eigenvalue weighted by molar-refractivity contribution is -0.385. The molecule has 51 heavy (non-hydrogen) atoms. The maximum Gasteiger partial charge on any atom is 0.311 e. The van der Waals surface area contributed by atoms with E-state index in [4.69, 9.17) is 4.74 Å². The predicted molar refractivity (Wildman–Crippen MR) is 198 cm³/mol. The van der Waals surface area contributed by atoms with E-state index in [1.807, 2.05) is 36.4 Å². The van der Waals surface area contributed by atoms with E-state index in [2.05, 4.69) is 46.7 Å². The molecule has 0 amide bonds. The normalized spacial score (nSPS) is 23.8. The van der Waals surface area contributed by atoms with Gasteiger partial charge < -0.3 is 25.6 Å². The number of carboxylic acid groups (broad SMARTS) is 2. The summed E-state index contributed by atoms with van der Waals surface area (Å²) in [5.74, 6) is -2.37. The summed E-state index contributed by atoms with van der Waals surface area (Å²) in [4.78, 5) is 39.7. The Morgan fingerprint density at radius 3 is 2.24 bits per heavy atom. The van der Waals surface area contributed by atoms with Crippen LogP contribution < -0.4 is 15.4 Å². The molecule has 0 aliphatic carbocycles. The van der Waals surface area contributed by atoms with Gasteiger partial charge in [0.05, 0.1) is 15.8 Å². The third kappa shape index (κ3) is 9.52. The Morgan fingerprint density at radius 2 is 1.59 bits per heavy atom. The van der Waals surface area contributed by atoms with Crippen molar-refractivity contribution >= 4 is 17.6 Å². The van der Waals surface area contributed by atoms with Crippen molar-refractivity contribution in [1.29, 1.82) is 0 Å². The molecule has 0 saturated carbocycles. The molecule has 0 aromatic heterocycles. The van der Waals surface area contributed by atoms with Gasteiger partial charge in [-0.3, -0.25) is 24.6 Å². The van der Waals surface area contributed by atoms with Crippen LogP contribution >= 0.6 is 0 Å². The molecule has 1 aliphatic rings. The van der Waals surface area contributed by atoms with E-state index < -0.39 is 45.7 Å². The number of piperidine rings is 1. The zero-order valence-electron chi connectivity index (χ0n) is 30.3. The van der Waals surface area contributed by atoms with E-state index in [0.717, 1.165) is 51.2 Å². The molecule has 276 valence electrons. The highest BCUT2D eigenvalue weighted by molar-refractivity contribution is 5.84. The van der Waals surface area contributed by atoms with Crippen molar-refractivity contribution in [3.63, 3.8) is 0 Å². The number of nitro groups is 1. The van der Waals surface area contributed by atoms with E-state index in [1.165, 1.54) is 23.8 Å². The maximum atomic E-state index is 13.3. The van der Waals surface area contributed by atoms with E-state index >= 15 is 0 Å². The predicted octanol–water partition coefficient (Wildman–Crippen LogP) is 6.73. The number of unbranched alkanes of at least 4 members (excludes halogenated alkanes) is 3. The highest BCUT2D eigenvalue weighted by atomic mass is 16.6. The largest absolute Gasteiger partial charge is 0.492 e. The van der Waals surface area contributed by atoms with Crippen LogP contribution in [-0.4, -0.2) is 76.3 Å². The van der Waals surface area contributed by atoms with Gasteiger partial charge in [-0.15, -0.1) is 0 Å². The highest BCUT2D eigenvalue weighted by Crippen LogP contribution is 2.57. The topological polar surface area (TPSA) is 154 Å². The van der Waals surface area contributed by atoms with Crippen LogP contribution in [-0.2, 0) is 16.1 Å². The molecule has 4 N–H and O–H groups in total. The first-order chi connectivity index (χ1) is 24.4. The number of carboxylic acids is 2. The zero-order chi connectivity index (χ0) is 37.0. The van der Waals surface area contributed by atoms with Gasteiger partial charge in [0.25, 0.3) is 5.69 Å². The van der Waals surface area contributed by atoms with Gasteiger partial charge in [-0.2, -0.15) is 0 Å². The number of carbonyl (C=O) groups is 2. The summed E-state index contributed by atoms with van der Waals surface area (Å²) in [6.45, 7) is 11.1. The lowest BCUT2D eigenvalue weighted by Gasteiger charge is -2.56. The van der Waals surface area contributed by atoms with Crippen molar-refractivity contribution < 1.29 is 29.5 Å². The number of hydrogen-bond acceptors (Lipinski definition) is 8. The van der Waals surface area contributed by atoms with Crippen molar-refractivity contribution in [2.45, 2.75) is 90.4 Å². The number of nitrogens with zero attached hydrogens (tertiary/aromatic N) is 2. The first-order valence-electron chi connectivity index (χ1n) is 18.0. The van der Waals surface area contributed by atoms with Gasteiger partial charge >= 0.3 is 11.9 Å². The molecule has 6 atom stereocenters. The fraction of sp³-hybridized carbons (Fsp3) is 0.500. The number of nitro benzene ring substituents is 1. The molecular weight excluding hydrogens is 648 g/mol. The SMILES string of the molecule is CC(COc1ccccc1)N(CCNCCCCCCC1(C(=O)O)C(C)NC(C)C(C)(C(=O)O)C1c1cccc([N+](=O)[O-])c1)Cc1ccccc1.